The fourth-order valence-corrected chi connectivity index (χ4v) is 1.93. The van der Waals surface area contributed by atoms with Crippen LogP contribution in [-0.2, 0) is 0 Å². The van der Waals surface area contributed by atoms with E-state index in [4.69, 9.17) is 4.74 Å². The number of halogens is 1. The van der Waals surface area contributed by atoms with Crippen molar-refractivity contribution in [3.63, 3.8) is 0 Å². The molecule has 18 heavy (non-hydrogen) atoms. The van der Waals surface area contributed by atoms with Crippen molar-refractivity contribution in [2.45, 2.75) is 40.2 Å². The lowest BCUT2D eigenvalue weighted by molar-refractivity contribution is 0.304. The van der Waals surface area contributed by atoms with Crippen LogP contribution in [0.3, 0.4) is 0 Å². The van der Waals surface area contributed by atoms with E-state index in [2.05, 4.69) is 52.0 Å². The van der Waals surface area contributed by atoms with Gasteiger partial charge in [0.15, 0.2) is 0 Å². The molecule has 1 aromatic heterocycles. The number of aryl methyl sites for hydroxylation is 1. The molecule has 0 aromatic carbocycles. The average molecular weight is 316 g/mol. The molecule has 5 heteroatoms. The highest BCUT2D eigenvalue weighted by atomic mass is 79.9. The lowest BCUT2D eigenvalue weighted by atomic mass is 10.1. The van der Waals surface area contributed by atoms with Crippen LogP contribution in [0.5, 0.6) is 5.88 Å². The summed E-state index contributed by atoms with van der Waals surface area (Å²) in [5.41, 5.74) is 0.914. The molecule has 0 aliphatic heterocycles. The summed E-state index contributed by atoms with van der Waals surface area (Å²) < 4.78 is 5.54. The van der Waals surface area contributed by atoms with Crippen molar-refractivity contribution in [2.75, 3.05) is 17.3 Å². The first-order valence-corrected chi connectivity index (χ1v) is 7.50. The van der Waals surface area contributed by atoms with Crippen LogP contribution < -0.4 is 10.1 Å². The largest absolute Gasteiger partial charge is 0.478 e. The van der Waals surface area contributed by atoms with Gasteiger partial charge in [-0.25, -0.2) is 4.98 Å². The van der Waals surface area contributed by atoms with E-state index in [9.17, 15) is 0 Å². The van der Waals surface area contributed by atoms with Crippen molar-refractivity contribution in [1.82, 2.24) is 9.97 Å². The van der Waals surface area contributed by atoms with Gasteiger partial charge in [-0.1, -0.05) is 29.8 Å². The molecule has 1 aromatic rings. The average Bonchev–Trinajstić information content (AvgIpc) is 2.34. The number of rotatable bonds is 7. The summed E-state index contributed by atoms with van der Waals surface area (Å²) in [6.07, 6.45) is 0.975. The van der Waals surface area contributed by atoms with E-state index < -0.39 is 0 Å². The van der Waals surface area contributed by atoms with Gasteiger partial charge in [-0.15, -0.1) is 0 Å². The molecule has 1 rings (SSSR count). The van der Waals surface area contributed by atoms with E-state index in [1.165, 1.54) is 0 Å². The maximum Gasteiger partial charge on any atom is 0.226 e. The van der Waals surface area contributed by atoms with E-state index >= 15 is 0 Å². The first kappa shape index (κ1) is 15.2. The van der Waals surface area contributed by atoms with Gasteiger partial charge in [-0.2, -0.15) is 4.98 Å². The molecule has 0 amide bonds. The number of aromatic nitrogens is 2. The number of hydrogen-bond donors (Lipinski definition) is 1. The Hall–Kier alpha value is -0.840. The highest BCUT2D eigenvalue weighted by Gasteiger charge is 2.12. The number of anilines is 1. The Bertz CT molecular complexity index is 373. The number of nitrogens with zero attached hydrogens (tertiary/aromatic N) is 2. The van der Waals surface area contributed by atoms with E-state index in [0.29, 0.717) is 30.4 Å². The van der Waals surface area contributed by atoms with Gasteiger partial charge in [0.05, 0.1) is 6.61 Å². The molecule has 0 saturated carbocycles. The van der Waals surface area contributed by atoms with E-state index in [1.54, 1.807) is 0 Å². The molecule has 2 unspecified atom stereocenters. The van der Waals surface area contributed by atoms with Crippen LogP contribution in [0.4, 0.5) is 5.95 Å². The SMILES string of the molecule is CCCOc1cc(C)nc(NC(C)C(C)CBr)n1. The third kappa shape index (κ3) is 4.80. The van der Waals surface area contributed by atoms with Gasteiger partial charge in [-0.05, 0) is 26.2 Å². The molecule has 0 radical (unpaired) electrons. The van der Waals surface area contributed by atoms with Crippen LogP contribution in [0, 0.1) is 12.8 Å². The van der Waals surface area contributed by atoms with Crippen molar-refractivity contribution >= 4 is 21.9 Å². The van der Waals surface area contributed by atoms with Crippen molar-refractivity contribution in [2.24, 2.45) is 5.92 Å². The normalized spacial score (nSPS) is 14.1. The molecule has 0 bridgehead atoms. The Morgan fingerprint density at radius 2 is 2.11 bits per heavy atom. The highest BCUT2D eigenvalue weighted by molar-refractivity contribution is 9.09. The second-order valence-electron chi connectivity index (χ2n) is 4.58. The van der Waals surface area contributed by atoms with Gasteiger partial charge in [0, 0.05) is 23.1 Å². The van der Waals surface area contributed by atoms with Crippen molar-refractivity contribution in [3.05, 3.63) is 11.8 Å². The zero-order chi connectivity index (χ0) is 13.5. The summed E-state index contributed by atoms with van der Waals surface area (Å²) in [4.78, 5) is 8.75. The zero-order valence-electron chi connectivity index (χ0n) is 11.5. The summed E-state index contributed by atoms with van der Waals surface area (Å²) >= 11 is 3.49. The Morgan fingerprint density at radius 1 is 1.39 bits per heavy atom. The molecule has 0 fully saturated rings. The van der Waals surface area contributed by atoms with Gasteiger partial charge in [0.25, 0.3) is 0 Å². The predicted octanol–water partition coefficient (Wildman–Crippen LogP) is 3.41. The van der Waals surface area contributed by atoms with Crippen LogP contribution in [-0.4, -0.2) is 27.9 Å². The molecular weight excluding hydrogens is 294 g/mol. The number of hydrogen-bond acceptors (Lipinski definition) is 4. The Kier molecular flexibility index (Phi) is 6.39. The number of ether oxygens (including phenoxy) is 1. The quantitative estimate of drug-likeness (QED) is 0.783. The topological polar surface area (TPSA) is 47.0 Å². The second kappa shape index (κ2) is 7.56. The first-order valence-electron chi connectivity index (χ1n) is 6.37. The molecule has 1 heterocycles. The van der Waals surface area contributed by atoms with E-state index in [-0.39, 0.29) is 0 Å². The van der Waals surface area contributed by atoms with Crippen LogP contribution in [0.15, 0.2) is 6.07 Å². The molecule has 4 nitrogen and oxygen atoms in total. The fraction of sp³-hybridized carbons (Fsp3) is 0.692. The maximum absolute atomic E-state index is 5.54. The monoisotopic (exact) mass is 315 g/mol. The van der Waals surface area contributed by atoms with Gasteiger partial charge in [-0.3, -0.25) is 0 Å². The Morgan fingerprint density at radius 3 is 2.72 bits per heavy atom. The van der Waals surface area contributed by atoms with Crippen LogP contribution in [0.1, 0.15) is 32.9 Å². The molecular formula is C13H22BrN3O. The maximum atomic E-state index is 5.54. The third-order valence-corrected chi connectivity index (χ3v) is 3.76. The molecule has 0 saturated heterocycles. The minimum Gasteiger partial charge on any atom is -0.478 e. The minimum atomic E-state index is 0.310. The third-order valence-electron chi connectivity index (χ3n) is 2.74. The van der Waals surface area contributed by atoms with Gasteiger partial charge >= 0.3 is 0 Å². The summed E-state index contributed by atoms with van der Waals surface area (Å²) in [7, 11) is 0. The smallest absolute Gasteiger partial charge is 0.226 e. The molecule has 0 aliphatic rings. The minimum absolute atomic E-state index is 0.310. The molecule has 0 aliphatic carbocycles. The van der Waals surface area contributed by atoms with Crippen molar-refractivity contribution in [3.8, 4) is 5.88 Å². The predicted molar refractivity (Wildman–Crippen MR) is 78.6 cm³/mol. The number of nitrogens with one attached hydrogen (secondary N) is 1. The van der Waals surface area contributed by atoms with Gasteiger partial charge in [0.2, 0.25) is 11.8 Å². The van der Waals surface area contributed by atoms with Crippen LogP contribution in [0.25, 0.3) is 0 Å². The van der Waals surface area contributed by atoms with E-state index in [0.717, 1.165) is 17.4 Å². The van der Waals surface area contributed by atoms with Crippen LogP contribution in [0.2, 0.25) is 0 Å². The Balaban J connectivity index is 2.73. The van der Waals surface area contributed by atoms with E-state index in [1.807, 2.05) is 13.0 Å². The fourth-order valence-electron chi connectivity index (χ4n) is 1.36. The first-order chi connectivity index (χ1) is 8.56. The molecule has 2 atom stereocenters. The summed E-state index contributed by atoms with van der Waals surface area (Å²) in [5.74, 6) is 1.79. The molecule has 1 N–H and O–H groups in total. The zero-order valence-corrected chi connectivity index (χ0v) is 13.1. The van der Waals surface area contributed by atoms with Crippen LogP contribution >= 0.6 is 15.9 Å². The summed E-state index contributed by atoms with van der Waals surface area (Å²) in [5, 5.41) is 4.27. The van der Waals surface area contributed by atoms with Gasteiger partial charge in [0.1, 0.15) is 0 Å². The molecule has 102 valence electrons. The van der Waals surface area contributed by atoms with Crippen molar-refractivity contribution < 1.29 is 4.74 Å². The highest BCUT2D eigenvalue weighted by Crippen LogP contribution is 2.15. The standard InChI is InChI=1S/C13H22BrN3O/c1-5-6-18-12-7-10(3)15-13(17-12)16-11(4)9(2)8-14/h7,9,11H,5-6,8H2,1-4H3,(H,15,16,17). The lowest BCUT2D eigenvalue weighted by Gasteiger charge is -2.19. The number of alkyl halides is 1. The van der Waals surface area contributed by atoms with Crippen molar-refractivity contribution in [1.29, 1.82) is 0 Å². The second-order valence-corrected chi connectivity index (χ2v) is 5.23. The molecule has 0 spiro atoms. The Labute approximate surface area is 118 Å². The van der Waals surface area contributed by atoms with Gasteiger partial charge < -0.3 is 10.1 Å². The summed E-state index contributed by atoms with van der Waals surface area (Å²) in [6, 6.07) is 2.17. The lowest BCUT2D eigenvalue weighted by Crippen LogP contribution is -2.26. The summed E-state index contributed by atoms with van der Waals surface area (Å²) in [6.45, 7) is 9.02.